The Labute approximate surface area is 109 Å². The van der Waals surface area contributed by atoms with Crippen molar-refractivity contribution in [3.63, 3.8) is 0 Å². The Balaban J connectivity index is 1.68. The molecule has 0 spiro atoms. The SMILES string of the molecule is Cc1ncsc1CNCc1c[nH]c2ncccc12. The molecule has 0 aliphatic heterocycles. The molecule has 0 saturated heterocycles. The topological polar surface area (TPSA) is 53.6 Å². The highest BCUT2D eigenvalue weighted by Gasteiger charge is 2.04. The number of aryl methyl sites for hydroxylation is 1. The molecule has 3 aromatic rings. The molecule has 18 heavy (non-hydrogen) atoms. The van der Waals surface area contributed by atoms with E-state index in [0.717, 1.165) is 24.4 Å². The van der Waals surface area contributed by atoms with E-state index in [-0.39, 0.29) is 0 Å². The van der Waals surface area contributed by atoms with Crippen LogP contribution in [0.1, 0.15) is 16.1 Å². The van der Waals surface area contributed by atoms with Crippen LogP contribution in [0.15, 0.2) is 30.0 Å². The van der Waals surface area contributed by atoms with E-state index in [1.165, 1.54) is 15.8 Å². The van der Waals surface area contributed by atoms with Crippen molar-refractivity contribution >= 4 is 22.4 Å². The second-order valence-electron chi connectivity index (χ2n) is 4.18. The first kappa shape index (κ1) is 11.4. The van der Waals surface area contributed by atoms with Crippen LogP contribution in [-0.2, 0) is 13.1 Å². The fourth-order valence-electron chi connectivity index (χ4n) is 1.97. The van der Waals surface area contributed by atoms with Crippen LogP contribution in [0.2, 0.25) is 0 Å². The van der Waals surface area contributed by atoms with Gasteiger partial charge < -0.3 is 10.3 Å². The maximum absolute atomic E-state index is 4.28. The van der Waals surface area contributed by atoms with Gasteiger partial charge in [0.25, 0.3) is 0 Å². The molecule has 0 aliphatic carbocycles. The molecule has 0 aromatic carbocycles. The Hall–Kier alpha value is -1.72. The number of nitrogens with zero attached hydrogens (tertiary/aromatic N) is 2. The van der Waals surface area contributed by atoms with E-state index in [0.29, 0.717) is 0 Å². The van der Waals surface area contributed by atoms with Crippen LogP contribution in [0.5, 0.6) is 0 Å². The number of H-pyrrole nitrogens is 1. The molecule has 0 radical (unpaired) electrons. The monoisotopic (exact) mass is 258 g/mol. The van der Waals surface area contributed by atoms with Gasteiger partial charge in [0.15, 0.2) is 0 Å². The number of aromatic amines is 1. The minimum absolute atomic E-state index is 0.836. The van der Waals surface area contributed by atoms with Crippen LogP contribution in [0, 0.1) is 6.92 Å². The van der Waals surface area contributed by atoms with Gasteiger partial charge in [-0.25, -0.2) is 9.97 Å². The number of pyridine rings is 1. The number of hydrogen-bond acceptors (Lipinski definition) is 4. The quantitative estimate of drug-likeness (QED) is 0.756. The summed E-state index contributed by atoms with van der Waals surface area (Å²) in [5.74, 6) is 0. The molecule has 5 heteroatoms. The average Bonchev–Trinajstić information content (AvgIpc) is 2.97. The number of aromatic nitrogens is 3. The zero-order valence-electron chi connectivity index (χ0n) is 10.1. The van der Waals surface area contributed by atoms with Crippen LogP contribution in [-0.4, -0.2) is 15.0 Å². The molecule has 0 bridgehead atoms. The Morgan fingerprint density at radius 3 is 3.11 bits per heavy atom. The van der Waals surface area contributed by atoms with Crippen molar-refractivity contribution in [1.29, 1.82) is 0 Å². The molecule has 92 valence electrons. The minimum Gasteiger partial charge on any atom is -0.346 e. The molecule has 4 nitrogen and oxygen atoms in total. The van der Waals surface area contributed by atoms with Gasteiger partial charge in [0.05, 0.1) is 11.2 Å². The van der Waals surface area contributed by atoms with Crippen LogP contribution >= 0.6 is 11.3 Å². The standard InChI is InChI=1S/C13H14N4S/c1-9-12(18-8-17-9)7-14-5-10-6-16-13-11(10)3-2-4-15-13/h2-4,6,8,14H,5,7H2,1H3,(H,15,16). The average molecular weight is 258 g/mol. The zero-order valence-corrected chi connectivity index (χ0v) is 10.9. The number of rotatable bonds is 4. The predicted octanol–water partition coefficient (Wildman–Crippen LogP) is 2.62. The van der Waals surface area contributed by atoms with Crippen LogP contribution in [0.3, 0.4) is 0 Å². The van der Waals surface area contributed by atoms with Gasteiger partial charge in [0.1, 0.15) is 5.65 Å². The summed E-state index contributed by atoms with van der Waals surface area (Å²) >= 11 is 1.70. The summed E-state index contributed by atoms with van der Waals surface area (Å²) in [5.41, 5.74) is 5.21. The van der Waals surface area contributed by atoms with Gasteiger partial charge in [-0.2, -0.15) is 0 Å². The summed E-state index contributed by atoms with van der Waals surface area (Å²) in [7, 11) is 0. The maximum Gasteiger partial charge on any atom is 0.137 e. The lowest BCUT2D eigenvalue weighted by atomic mass is 10.2. The summed E-state index contributed by atoms with van der Waals surface area (Å²) in [6.45, 7) is 3.75. The third-order valence-electron chi connectivity index (χ3n) is 2.98. The predicted molar refractivity (Wildman–Crippen MR) is 73.5 cm³/mol. The van der Waals surface area contributed by atoms with E-state index in [4.69, 9.17) is 0 Å². The van der Waals surface area contributed by atoms with Gasteiger partial charge in [-0.05, 0) is 24.6 Å². The fourth-order valence-corrected chi connectivity index (χ4v) is 2.71. The van der Waals surface area contributed by atoms with Crippen LogP contribution < -0.4 is 5.32 Å². The maximum atomic E-state index is 4.28. The Morgan fingerprint density at radius 2 is 2.28 bits per heavy atom. The van der Waals surface area contributed by atoms with Crippen molar-refractivity contribution in [2.75, 3.05) is 0 Å². The molecule has 0 aliphatic rings. The number of fused-ring (bicyclic) bond motifs is 1. The van der Waals surface area contributed by atoms with Gasteiger partial charge in [0.2, 0.25) is 0 Å². The largest absolute Gasteiger partial charge is 0.346 e. The molecule has 0 amide bonds. The van der Waals surface area contributed by atoms with E-state index in [1.54, 1.807) is 17.5 Å². The Morgan fingerprint density at radius 1 is 1.33 bits per heavy atom. The minimum atomic E-state index is 0.836. The van der Waals surface area contributed by atoms with Crippen molar-refractivity contribution in [2.24, 2.45) is 0 Å². The van der Waals surface area contributed by atoms with Gasteiger partial charge >= 0.3 is 0 Å². The molecule has 0 atom stereocenters. The smallest absolute Gasteiger partial charge is 0.137 e. The van der Waals surface area contributed by atoms with Gasteiger partial charge in [0, 0.05) is 35.7 Å². The lowest BCUT2D eigenvalue weighted by Gasteiger charge is -2.02. The Kier molecular flexibility index (Phi) is 3.08. The fraction of sp³-hybridized carbons (Fsp3) is 0.231. The third-order valence-corrected chi connectivity index (χ3v) is 3.92. The van der Waals surface area contributed by atoms with Crippen molar-refractivity contribution in [2.45, 2.75) is 20.0 Å². The first-order valence-electron chi connectivity index (χ1n) is 5.85. The summed E-state index contributed by atoms with van der Waals surface area (Å²) in [6, 6.07) is 4.06. The van der Waals surface area contributed by atoms with Crippen molar-refractivity contribution in [3.05, 3.63) is 46.2 Å². The lowest BCUT2D eigenvalue weighted by Crippen LogP contribution is -2.12. The third kappa shape index (κ3) is 2.14. The van der Waals surface area contributed by atoms with E-state index >= 15 is 0 Å². The van der Waals surface area contributed by atoms with Gasteiger partial charge in [-0.15, -0.1) is 11.3 Å². The van der Waals surface area contributed by atoms with Crippen LogP contribution in [0.4, 0.5) is 0 Å². The second kappa shape index (κ2) is 4.88. The summed E-state index contributed by atoms with van der Waals surface area (Å²) in [4.78, 5) is 13.0. The molecule has 0 unspecified atom stereocenters. The molecule has 0 saturated carbocycles. The highest BCUT2D eigenvalue weighted by Crippen LogP contribution is 2.16. The molecule has 0 fully saturated rings. The van der Waals surface area contributed by atoms with E-state index in [9.17, 15) is 0 Å². The van der Waals surface area contributed by atoms with Crippen molar-refractivity contribution in [3.8, 4) is 0 Å². The first-order chi connectivity index (χ1) is 8.84. The van der Waals surface area contributed by atoms with Crippen molar-refractivity contribution < 1.29 is 0 Å². The number of nitrogens with one attached hydrogen (secondary N) is 2. The normalized spacial score (nSPS) is 11.2. The lowest BCUT2D eigenvalue weighted by molar-refractivity contribution is 0.700. The highest BCUT2D eigenvalue weighted by molar-refractivity contribution is 7.09. The number of thiazole rings is 1. The molecular weight excluding hydrogens is 244 g/mol. The zero-order chi connectivity index (χ0) is 12.4. The molecule has 3 heterocycles. The van der Waals surface area contributed by atoms with Gasteiger partial charge in [-0.3, -0.25) is 0 Å². The summed E-state index contributed by atoms with van der Waals surface area (Å²) < 4.78 is 0. The molecule has 3 aromatic heterocycles. The molecule has 3 rings (SSSR count). The van der Waals surface area contributed by atoms with E-state index in [2.05, 4.69) is 26.3 Å². The number of hydrogen-bond donors (Lipinski definition) is 2. The first-order valence-corrected chi connectivity index (χ1v) is 6.73. The van der Waals surface area contributed by atoms with E-state index < -0.39 is 0 Å². The summed E-state index contributed by atoms with van der Waals surface area (Å²) in [5, 5.41) is 4.63. The second-order valence-corrected chi connectivity index (χ2v) is 5.12. The summed E-state index contributed by atoms with van der Waals surface area (Å²) in [6.07, 6.45) is 3.82. The van der Waals surface area contributed by atoms with E-state index in [1.807, 2.05) is 24.7 Å². The molecule has 2 N–H and O–H groups in total. The van der Waals surface area contributed by atoms with Gasteiger partial charge in [-0.1, -0.05) is 0 Å². The Bertz CT molecular complexity index is 656. The van der Waals surface area contributed by atoms with Crippen molar-refractivity contribution in [1.82, 2.24) is 20.3 Å². The molecular formula is C13H14N4S. The highest BCUT2D eigenvalue weighted by atomic mass is 32.1. The van der Waals surface area contributed by atoms with Crippen LogP contribution in [0.25, 0.3) is 11.0 Å².